The van der Waals surface area contributed by atoms with Crippen LogP contribution in [-0.2, 0) is 4.79 Å². The Morgan fingerprint density at radius 1 is 1.07 bits per heavy atom. The molecule has 0 atom stereocenters. The molecule has 8 heteroatoms. The molecule has 3 heterocycles. The van der Waals surface area contributed by atoms with Crippen molar-refractivity contribution in [3.05, 3.63) is 22.7 Å². The monoisotopic (exact) mass is 375 g/mol. The summed E-state index contributed by atoms with van der Waals surface area (Å²) in [6, 6.07) is 1.31. The Morgan fingerprint density at radius 3 is 2.26 bits per heavy atom. The van der Waals surface area contributed by atoms with Crippen molar-refractivity contribution in [2.24, 2.45) is 11.8 Å². The molecule has 0 aromatic carbocycles. The van der Waals surface area contributed by atoms with E-state index in [4.69, 9.17) is 0 Å². The van der Waals surface area contributed by atoms with E-state index in [2.05, 4.69) is 23.8 Å². The molecule has 2 aliphatic heterocycles. The third-order valence-corrected chi connectivity index (χ3v) is 5.30. The second-order valence-corrected chi connectivity index (χ2v) is 8.38. The predicted molar refractivity (Wildman–Crippen MR) is 103 cm³/mol. The molecule has 8 nitrogen and oxygen atoms in total. The molecule has 0 aliphatic carbocycles. The second-order valence-electron chi connectivity index (χ2n) is 8.38. The highest BCUT2D eigenvalue weighted by atomic mass is 16.2. The van der Waals surface area contributed by atoms with Gasteiger partial charge in [-0.1, -0.05) is 27.7 Å². The Balaban J connectivity index is 1.85. The van der Waals surface area contributed by atoms with E-state index in [1.807, 2.05) is 18.7 Å². The molecule has 0 unspecified atom stereocenters. The van der Waals surface area contributed by atoms with E-state index in [1.54, 1.807) is 4.90 Å². The molecule has 0 bridgehead atoms. The second kappa shape index (κ2) is 7.32. The van der Waals surface area contributed by atoms with Gasteiger partial charge in [-0.05, 0) is 24.7 Å². The van der Waals surface area contributed by atoms with Gasteiger partial charge in [0.15, 0.2) is 0 Å². The number of nitrogens with one attached hydrogen (secondary N) is 1. The highest BCUT2D eigenvalue weighted by Crippen LogP contribution is 2.38. The van der Waals surface area contributed by atoms with Gasteiger partial charge in [-0.15, -0.1) is 0 Å². The number of amides is 3. The summed E-state index contributed by atoms with van der Waals surface area (Å²) in [5, 5.41) is 0. The van der Waals surface area contributed by atoms with E-state index in [-0.39, 0.29) is 29.3 Å². The molecule has 0 saturated carbocycles. The van der Waals surface area contributed by atoms with Crippen molar-refractivity contribution in [3.63, 3.8) is 0 Å². The first-order chi connectivity index (χ1) is 12.7. The minimum absolute atomic E-state index is 0.0691. The minimum Gasteiger partial charge on any atom is -0.356 e. The number of urea groups is 1. The molecule has 3 rings (SSSR count). The van der Waals surface area contributed by atoms with Crippen LogP contribution in [0.3, 0.4) is 0 Å². The molecule has 1 N–H and O–H groups in total. The normalized spacial score (nSPS) is 19.9. The lowest BCUT2D eigenvalue weighted by atomic mass is 9.85. The zero-order chi connectivity index (χ0) is 19.8. The van der Waals surface area contributed by atoms with Crippen LogP contribution in [0, 0.1) is 11.8 Å². The van der Waals surface area contributed by atoms with E-state index in [0.29, 0.717) is 44.8 Å². The Bertz CT molecular complexity index is 765. The number of hydrogen-bond donors (Lipinski definition) is 1. The lowest BCUT2D eigenvalue weighted by Crippen LogP contribution is -2.57. The topological polar surface area (TPSA) is 89.6 Å². The van der Waals surface area contributed by atoms with Crippen LogP contribution in [0.25, 0.3) is 0 Å². The molecular weight excluding hydrogens is 346 g/mol. The van der Waals surface area contributed by atoms with Gasteiger partial charge in [0, 0.05) is 32.2 Å². The molecule has 148 valence electrons. The maximum absolute atomic E-state index is 13.3. The number of anilines is 1. The van der Waals surface area contributed by atoms with E-state index in [9.17, 15) is 14.4 Å². The van der Waals surface area contributed by atoms with Gasteiger partial charge in [0.1, 0.15) is 11.4 Å². The number of rotatable bonds is 5. The molecule has 0 radical (unpaired) electrons. The zero-order valence-corrected chi connectivity index (χ0v) is 16.6. The summed E-state index contributed by atoms with van der Waals surface area (Å²) in [5.74, 6) is 1.06. The van der Waals surface area contributed by atoms with Crippen LogP contribution in [0.4, 0.5) is 10.6 Å². The Labute approximate surface area is 159 Å². The van der Waals surface area contributed by atoms with E-state index in [1.165, 1.54) is 17.3 Å². The molecule has 1 aromatic heterocycles. The zero-order valence-electron chi connectivity index (χ0n) is 16.6. The average molecular weight is 375 g/mol. The standard InChI is InChI=1S/C19H29N5O3/c1-13(2)10-23-17(26)19(24(18(23)27)11-14(3)4)5-7-22(8-6-19)15-9-16(25)21-12-20-15/h9,12-14H,5-8,10-11H2,1-4H3,(H,20,21,25). The number of aromatic nitrogens is 2. The maximum Gasteiger partial charge on any atom is 0.327 e. The number of aromatic amines is 1. The van der Waals surface area contributed by atoms with Gasteiger partial charge >= 0.3 is 6.03 Å². The Kier molecular flexibility index (Phi) is 5.26. The lowest BCUT2D eigenvalue weighted by molar-refractivity contribution is -0.134. The van der Waals surface area contributed by atoms with Crippen LogP contribution in [-0.4, -0.2) is 63.4 Å². The van der Waals surface area contributed by atoms with Crippen molar-refractivity contribution in [3.8, 4) is 0 Å². The van der Waals surface area contributed by atoms with Crippen LogP contribution in [0.2, 0.25) is 0 Å². The Hall–Kier alpha value is -2.38. The highest BCUT2D eigenvalue weighted by molar-refractivity contribution is 6.07. The molecule has 2 fully saturated rings. The van der Waals surface area contributed by atoms with Crippen LogP contribution in [0.5, 0.6) is 0 Å². The van der Waals surface area contributed by atoms with Gasteiger partial charge in [0.25, 0.3) is 11.5 Å². The summed E-state index contributed by atoms with van der Waals surface area (Å²) in [7, 11) is 0. The number of carbonyl (C=O) groups excluding carboxylic acids is 2. The highest BCUT2D eigenvalue weighted by Gasteiger charge is 2.57. The largest absolute Gasteiger partial charge is 0.356 e. The predicted octanol–water partition coefficient (Wildman–Crippen LogP) is 1.69. The first-order valence-electron chi connectivity index (χ1n) is 9.68. The van der Waals surface area contributed by atoms with Crippen molar-refractivity contribution in [1.82, 2.24) is 19.8 Å². The van der Waals surface area contributed by atoms with Gasteiger partial charge in [-0.2, -0.15) is 0 Å². The molecule has 1 spiro atoms. The first kappa shape index (κ1) is 19.4. The van der Waals surface area contributed by atoms with Gasteiger partial charge < -0.3 is 14.8 Å². The SMILES string of the molecule is CC(C)CN1C(=O)N(CC(C)C)C2(CCN(c3cc(=O)[nH]cn3)CC2)C1=O. The van der Waals surface area contributed by atoms with Crippen molar-refractivity contribution in [2.75, 3.05) is 31.1 Å². The van der Waals surface area contributed by atoms with Gasteiger partial charge in [0.05, 0.1) is 6.33 Å². The van der Waals surface area contributed by atoms with Crippen molar-refractivity contribution >= 4 is 17.8 Å². The molecule has 2 aliphatic rings. The van der Waals surface area contributed by atoms with Gasteiger partial charge in [-0.3, -0.25) is 14.5 Å². The summed E-state index contributed by atoms with van der Waals surface area (Å²) < 4.78 is 0. The summed E-state index contributed by atoms with van der Waals surface area (Å²) in [4.78, 5) is 49.9. The Morgan fingerprint density at radius 2 is 1.70 bits per heavy atom. The third-order valence-electron chi connectivity index (χ3n) is 5.30. The van der Waals surface area contributed by atoms with Crippen molar-refractivity contribution in [2.45, 2.75) is 46.1 Å². The summed E-state index contributed by atoms with van der Waals surface area (Å²) in [6.45, 7) is 10.3. The van der Waals surface area contributed by atoms with E-state index in [0.717, 1.165) is 0 Å². The fraction of sp³-hybridized carbons (Fsp3) is 0.684. The van der Waals surface area contributed by atoms with Crippen molar-refractivity contribution in [1.29, 1.82) is 0 Å². The van der Waals surface area contributed by atoms with Crippen LogP contribution in [0.1, 0.15) is 40.5 Å². The summed E-state index contributed by atoms with van der Waals surface area (Å²) in [5.41, 5.74) is -0.967. The molecule has 2 saturated heterocycles. The third kappa shape index (κ3) is 3.57. The number of H-pyrrole nitrogens is 1. The molecular formula is C19H29N5O3. The number of imide groups is 1. The lowest BCUT2D eigenvalue weighted by Gasteiger charge is -2.43. The number of carbonyl (C=O) groups is 2. The van der Waals surface area contributed by atoms with Crippen LogP contribution in [0.15, 0.2) is 17.2 Å². The molecule has 3 amide bonds. The van der Waals surface area contributed by atoms with E-state index >= 15 is 0 Å². The quantitative estimate of drug-likeness (QED) is 0.791. The fourth-order valence-electron chi connectivity index (χ4n) is 4.05. The molecule has 27 heavy (non-hydrogen) atoms. The average Bonchev–Trinajstić information content (AvgIpc) is 2.78. The van der Waals surface area contributed by atoms with Crippen LogP contribution < -0.4 is 10.5 Å². The van der Waals surface area contributed by atoms with Gasteiger partial charge in [-0.25, -0.2) is 9.78 Å². The first-order valence-corrected chi connectivity index (χ1v) is 9.68. The summed E-state index contributed by atoms with van der Waals surface area (Å²) >= 11 is 0. The minimum atomic E-state index is -0.770. The number of piperidine rings is 1. The number of hydrogen-bond acceptors (Lipinski definition) is 5. The maximum atomic E-state index is 13.3. The van der Waals surface area contributed by atoms with Gasteiger partial charge in [0.2, 0.25) is 0 Å². The smallest absolute Gasteiger partial charge is 0.327 e. The molecule has 1 aromatic rings. The van der Waals surface area contributed by atoms with E-state index < -0.39 is 5.54 Å². The summed E-state index contributed by atoms with van der Waals surface area (Å²) in [6.07, 6.45) is 2.49. The van der Waals surface area contributed by atoms with Crippen molar-refractivity contribution < 1.29 is 9.59 Å². The number of nitrogens with zero attached hydrogens (tertiary/aromatic N) is 4. The van der Waals surface area contributed by atoms with Crippen LogP contribution >= 0.6 is 0 Å². The fourth-order valence-corrected chi connectivity index (χ4v) is 4.05.